The number of hydrogen-bond donors (Lipinski definition) is 1. The number of amides is 1. The van der Waals surface area contributed by atoms with E-state index >= 15 is 0 Å². The molecule has 0 saturated heterocycles. The molecule has 0 bridgehead atoms. The molecule has 0 spiro atoms. The molecule has 1 aromatic heterocycles. The van der Waals surface area contributed by atoms with E-state index in [0.29, 0.717) is 28.3 Å². The molecule has 0 unspecified atom stereocenters. The van der Waals surface area contributed by atoms with E-state index in [1.807, 2.05) is 13.8 Å². The van der Waals surface area contributed by atoms with Gasteiger partial charge in [-0.25, -0.2) is 9.59 Å². The van der Waals surface area contributed by atoms with Crippen molar-refractivity contribution in [1.29, 1.82) is 0 Å². The van der Waals surface area contributed by atoms with Crippen molar-refractivity contribution in [3.8, 4) is 0 Å². The lowest BCUT2D eigenvalue weighted by atomic mass is 10.0. The Morgan fingerprint density at radius 1 is 0.962 bits per heavy atom. The molecule has 0 aromatic carbocycles. The van der Waals surface area contributed by atoms with Gasteiger partial charge in [0, 0.05) is 5.92 Å². The van der Waals surface area contributed by atoms with Gasteiger partial charge in [-0.15, -0.1) is 11.3 Å². The fourth-order valence-corrected chi connectivity index (χ4v) is 3.54. The summed E-state index contributed by atoms with van der Waals surface area (Å²) in [5.74, 6) is -1.39. The molecule has 0 atom stereocenters. The Balaban J connectivity index is 3.30. The molecule has 0 aliphatic carbocycles. The zero-order chi connectivity index (χ0) is 20.0. The summed E-state index contributed by atoms with van der Waals surface area (Å²) in [5, 5.41) is 3.14. The molecule has 26 heavy (non-hydrogen) atoms. The highest BCUT2D eigenvalue weighted by atomic mass is 32.1. The van der Waals surface area contributed by atoms with Crippen molar-refractivity contribution in [3.05, 3.63) is 16.0 Å². The van der Waals surface area contributed by atoms with Crippen LogP contribution in [0.5, 0.6) is 0 Å². The highest BCUT2D eigenvalue weighted by Gasteiger charge is 2.29. The number of rotatable bonds is 8. The second-order valence-electron chi connectivity index (χ2n) is 6.67. The Bertz CT molecular complexity index is 659. The van der Waals surface area contributed by atoms with Crippen molar-refractivity contribution in [1.82, 2.24) is 0 Å². The standard InChI is InChI=1S/C19H29NO5S/c1-8-13(9-2)16(21)20-17-14(18(22)24-10(3)4)12(7)15(26-17)19(23)25-11(5)6/h10-11,13H,8-9H2,1-7H3,(H,20,21). The average molecular weight is 384 g/mol. The Kier molecular flexibility index (Phi) is 8.27. The first-order valence-corrected chi connectivity index (χ1v) is 9.80. The van der Waals surface area contributed by atoms with Crippen LogP contribution in [0.1, 0.15) is 80.0 Å². The van der Waals surface area contributed by atoms with Crippen LogP contribution in [-0.2, 0) is 14.3 Å². The van der Waals surface area contributed by atoms with E-state index in [4.69, 9.17) is 9.47 Å². The maximum Gasteiger partial charge on any atom is 0.348 e. The van der Waals surface area contributed by atoms with Crippen LogP contribution in [-0.4, -0.2) is 30.1 Å². The van der Waals surface area contributed by atoms with Crippen molar-refractivity contribution in [2.45, 2.75) is 73.5 Å². The lowest BCUT2D eigenvalue weighted by molar-refractivity contribution is -0.120. The van der Waals surface area contributed by atoms with E-state index in [1.54, 1.807) is 34.6 Å². The number of thiophene rings is 1. The van der Waals surface area contributed by atoms with Gasteiger partial charge in [0.25, 0.3) is 0 Å². The molecule has 1 rings (SSSR count). The summed E-state index contributed by atoms with van der Waals surface area (Å²) in [6.45, 7) is 12.5. The van der Waals surface area contributed by atoms with Crippen molar-refractivity contribution in [2.75, 3.05) is 5.32 Å². The van der Waals surface area contributed by atoms with Crippen molar-refractivity contribution >= 4 is 34.2 Å². The number of carbonyl (C=O) groups is 3. The average Bonchev–Trinajstić information content (AvgIpc) is 2.83. The molecule has 1 heterocycles. The zero-order valence-electron chi connectivity index (χ0n) is 16.6. The third-order valence-electron chi connectivity index (χ3n) is 3.81. The van der Waals surface area contributed by atoms with E-state index in [1.165, 1.54) is 0 Å². The molecule has 0 aliphatic rings. The predicted molar refractivity (Wildman–Crippen MR) is 103 cm³/mol. The summed E-state index contributed by atoms with van der Waals surface area (Å²) in [7, 11) is 0. The second-order valence-corrected chi connectivity index (χ2v) is 7.69. The number of ether oxygens (including phenoxy) is 2. The number of anilines is 1. The third-order valence-corrected chi connectivity index (χ3v) is 5.00. The fraction of sp³-hybridized carbons (Fsp3) is 0.632. The summed E-state index contributed by atoms with van der Waals surface area (Å²) < 4.78 is 10.5. The first-order valence-electron chi connectivity index (χ1n) is 8.98. The van der Waals surface area contributed by atoms with Crippen molar-refractivity contribution in [2.24, 2.45) is 5.92 Å². The Labute approximate surface area is 159 Å². The molecule has 0 aliphatic heterocycles. The smallest absolute Gasteiger partial charge is 0.348 e. The number of carbonyl (C=O) groups excluding carboxylic acids is 3. The summed E-state index contributed by atoms with van der Waals surface area (Å²) in [5.41, 5.74) is 0.685. The summed E-state index contributed by atoms with van der Waals surface area (Å²) in [6, 6.07) is 0. The summed E-state index contributed by atoms with van der Waals surface area (Å²) in [6.07, 6.45) is 0.801. The molecular weight excluding hydrogens is 354 g/mol. The van der Waals surface area contributed by atoms with Crippen LogP contribution in [0.25, 0.3) is 0 Å². The largest absolute Gasteiger partial charge is 0.459 e. The highest BCUT2D eigenvalue weighted by Crippen LogP contribution is 2.35. The van der Waals surface area contributed by atoms with Gasteiger partial charge in [-0.05, 0) is 53.0 Å². The van der Waals surface area contributed by atoms with Gasteiger partial charge in [0.1, 0.15) is 9.88 Å². The lowest BCUT2D eigenvalue weighted by Gasteiger charge is -2.13. The molecule has 0 fully saturated rings. The highest BCUT2D eigenvalue weighted by molar-refractivity contribution is 7.18. The summed E-state index contributed by atoms with van der Waals surface area (Å²) >= 11 is 1.05. The van der Waals surface area contributed by atoms with E-state index in [9.17, 15) is 14.4 Å². The molecule has 7 heteroatoms. The van der Waals surface area contributed by atoms with Gasteiger partial charge in [0.15, 0.2) is 0 Å². The normalized spacial score (nSPS) is 11.2. The quantitative estimate of drug-likeness (QED) is 0.665. The molecule has 0 radical (unpaired) electrons. The number of esters is 2. The number of hydrogen-bond acceptors (Lipinski definition) is 6. The lowest BCUT2D eigenvalue weighted by Crippen LogP contribution is -2.23. The van der Waals surface area contributed by atoms with E-state index < -0.39 is 11.9 Å². The molecular formula is C19H29NO5S. The van der Waals surface area contributed by atoms with Crippen molar-refractivity contribution in [3.63, 3.8) is 0 Å². The second kappa shape index (κ2) is 9.71. The van der Waals surface area contributed by atoms with Crippen LogP contribution in [0.4, 0.5) is 5.00 Å². The minimum absolute atomic E-state index is 0.155. The van der Waals surface area contributed by atoms with E-state index in [-0.39, 0.29) is 29.6 Å². The molecule has 6 nitrogen and oxygen atoms in total. The molecule has 1 N–H and O–H groups in total. The Hall–Kier alpha value is -1.89. The molecule has 1 amide bonds. The summed E-state index contributed by atoms with van der Waals surface area (Å²) in [4.78, 5) is 37.6. The van der Waals surface area contributed by atoms with Gasteiger partial charge in [0.2, 0.25) is 5.91 Å². The Morgan fingerprint density at radius 3 is 1.92 bits per heavy atom. The van der Waals surface area contributed by atoms with Gasteiger partial charge >= 0.3 is 11.9 Å². The predicted octanol–water partition coefficient (Wildman–Crippen LogP) is 4.56. The minimum Gasteiger partial charge on any atom is -0.459 e. The fourth-order valence-electron chi connectivity index (χ4n) is 2.46. The topological polar surface area (TPSA) is 81.7 Å². The van der Waals surface area contributed by atoms with Gasteiger partial charge in [-0.1, -0.05) is 13.8 Å². The van der Waals surface area contributed by atoms with Crippen LogP contribution in [0.3, 0.4) is 0 Å². The maximum absolute atomic E-state index is 12.5. The first kappa shape index (κ1) is 22.2. The van der Waals surface area contributed by atoms with Gasteiger partial charge < -0.3 is 14.8 Å². The van der Waals surface area contributed by atoms with E-state index in [2.05, 4.69) is 5.32 Å². The first-order chi connectivity index (χ1) is 12.1. The van der Waals surface area contributed by atoms with Gasteiger partial charge in [-0.2, -0.15) is 0 Å². The van der Waals surface area contributed by atoms with E-state index in [0.717, 1.165) is 11.3 Å². The SMILES string of the molecule is CCC(CC)C(=O)Nc1sc(C(=O)OC(C)C)c(C)c1C(=O)OC(C)C. The minimum atomic E-state index is -0.558. The van der Waals surface area contributed by atoms with Crippen molar-refractivity contribution < 1.29 is 23.9 Å². The van der Waals surface area contributed by atoms with Crippen LogP contribution >= 0.6 is 11.3 Å². The monoisotopic (exact) mass is 383 g/mol. The molecule has 1 aromatic rings. The van der Waals surface area contributed by atoms with Crippen LogP contribution < -0.4 is 5.32 Å². The van der Waals surface area contributed by atoms with Crippen LogP contribution in [0, 0.1) is 12.8 Å². The van der Waals surface area contributed by atoms with Gasteiger partial charge in [-0.3, -0.25) is 4.79 Å². The number of nitrogens with one attached hydrogen (secondary N) is 1. The van der Waals surface area contributed by atoms with Crippen LogP contribution in [0.15, 0.2) is 0 Å². The molecule has 0 saturated carbocycles. The van der Waals surface area contributed by atoms with Crippen LogP contribution in [0.2, 0.25) is 0 Å². The maximum atomic E-state index is 12.5. The molecule has 146 valence electrons. The zero-order valence-corrected chi connectivity index (χ0v) is 17.4. The Morgan fingerprint density at radius 2 is 1.46 bits per heavy atom. The third kappa shape index (κ3) is 5.56. The van der Waals surface area contributed by atoms with Gasteiger partial charge in [0.05, 0.1) is 17.8 Å².